The Labute approximate surface area is 176 Å². The lowest BCUT2D eigenvalue weighted by atomic mass is 10.0. The van der Waals surface area contributed by atoms with Gasteiger partial charge in [0.05, 0.1) is 11.1 Å². The van der Waals surface area contributed by atoms with Gasteiger partial charge in [0.2, 0.25) is 0 Å². The minimum Gasteiger partial charge on any atom is -0.321 e. The van der Waals surface area contributed by atoms with Gasteiger partial charge in [-0.25, -0.2) is 0 Å². The van der Waals surface area contributed by atoms with E-state index in [1.165, 1.54) is 12.4 Å². The maximum atomic E-state index is 13.3. The number of benzene rings is 2. The Hall–Kier alpha value is -3.47. The summed E-state index contributed by atoms with van der Waals surface area (Å²) in [7, 11) is 0. The fraction of sp³-hybridized carbons (Fsp3) is 0.240. The Kier molecular flexibility index (Phi) is 5.12. The normalized spacial score (nSPS) is 15.1. The molecule has 5 nitrogen and oxygen atoms in total. The highest BCUT2D eigenvalue weighted by atomic mass is 16.2. The summed E-state index contributed by atoms with van der Waals surface area (Å²) in [6.07, 6.45) is 3.84. The van der Waals surface area contributed by atoms with E-state index in [0.29, 0.717) is 11.1 Å². The largest absolute Gasteiger partial charge is 0.321 e. The van der Waals surface area contributed by atoms with Gasteiger partial charge < -0.3 is 10.2 Å². The number of hydrogen-bond donors (Lipinski definition) is 1. The number of nitrogens with zero attached hydrogens (tertiary/aromatic N) is 2. The van der Waals surface area contributed by atoms with E-state index in [0.717, 1.165) is 40.0 Å². The van der Waals surface area contributed by atoms with Crippen molar-refractivity contribution in [1.29, 1.82) is 0 Å². The lowest BCUT2D eigenvalue weighted by Crippen LogP contribution is -2.36. The van der Waals surface area contributed by atoms with Crippen LogP contribution in [0.4, 0.5) is 11.4 Å². The quantitative estimate of drug-likeness (QED) is 0.685. The highest BCUT2D eigenvalue weighted by Gasteiger charge is 2.31. The van der Waals surface area contributed by atoms with E-state index in [4.69, 9.17) is 0 Å². The molecular formula is C25H25N3O2. The molecule has 1 aromatic heterocycles. The zero-order valence-electron chi connectivity index (χ0n) is 17.7. The van der Waals surface area contributed by atoms with Gasteiger partial charge in [-0.15, -0.1) is 0 Å². The molecule has 2 aromatic carbocycles. The molecular weight excluding hydrogens is 374 g/mol. The zero-order valence-corrected chi connectivity index (χ0v) is 17.7. The van der Waals surface area contributed by atoms with Gasteiger partial charge in [0.1, 0.15) is 0 Å². The summed E-state index contributed by atoms with van der Waals surface area (Å²) >= 11 is 0. The molecule has 4 rings (SSSR count). The van der Waals surface area contributed by atoms with Crippen LogP contribution in [0, 0.1) is 20.8 Å². The average Bonchev–Trinajstić information content (AvgIpc) is 3.05. The van der Waals surface area contributed by atoms with Crippen LogP contribution >= 0.6 is 0 Å². The zero-order chi connectivity index (χ0) is 21.4. The Balaban J connectivity index is 1.60. The standard InChI is InChI=1S/C25H25N3O2/c1-15-9-16(2)23(17(3)10-15)27-24(29)20-12-21(14-26-13-20)25(30)28-18(4)11-19-7-5-6-8-22(19)28/h5-10,12-14,18H,11H2,1-4H3,(H,27,29). The molecule has 30 heavy (non-hydrogen) atoms. The second-order valence-corrected chi connectivity index (χ2v) is 8.05. The van der Waals surface area contributed by atoms with Crippen molar-refractivity contribution < 1.29 is 9.59 Å². The highest BCUT2D eigenvalue weighted by molar-refractivity contribution is 6.10. The van der Waals surface area contributed by atoms with Crippen molar-refractivity contribution in [2.45, 2.75) is 40.2 Å². The SMILES string of the molecule is Cc1cc(C)c(NC(=O)c2cncc(C(=O)N3c4ccccc4CC3C)c2)c(C)c1. The molecule has 0 aliphatic carbocycles. The number of fused-ring (bicyclic) bond motifs is 1. The molecule has 0 fully saturated rings. The van der Waals surface area contributed by atoms with E-state index >= 15 is 0 Å². The van der Waals surface area contributed by atoms with Gasteiger partial charge in [-0.05, 0) is 62.9 Å². The van der Waals surface area contributed by atoms with Crippen molar-refractivity contribution in [3.63, 3.8) is 0 Å². The van der Waals surface area contributed by atoms with Crippen LogP contribution in [-0.2, 0) is 6.42 Å². The highest BCUT2D eigenvalue weighted by Crippen LogP contribution is 2.33. The Bertz CT molecular complexity index is 1130. The predicted octanol–water partition coefficient (Wildman–Crippen LogP) is 4.85. The Morgan fingerprint density at radius 2 is 1.67 bits per heavy atom. The van der Waals surface area contributed by atoms with Crippen molar-refractivity contribution in [3.8, 4) is 0 Å². The van der Waals surface area contributed by atoms with Crippen molar-refractivity contribution in [2.75, 3.05) is 10.2 Å². The summed E-state index contributed by atoms with van der Waals surface area (Å²) in [6, 6.07) is 13.7. The molecule has 3 aromatic rings. The van der Waals surface area contributed by atoms with Crippen LogP contribution in [0.15, 0.2) is 54.9 Å². The van der Waals surface area contributed by atoms with Crippen LogP contribution < -0.4 is 10.2 Å². The summed E-state index contributed by atoms with van der Waals surface area (Å²) in [5, 5.41) is 2.98. The number of rotatable bonds is 3. The lowest BCUT2D eigenvalue weighted by molar-refractivity contribution is 0.0981. The number of carbonyl (C=O) groups excluding carboxylic acids is 2. The summed E-state index contributed by atoms with van der Waals surface area (Å²) in [5.41, 5.74) is 6.80. The summed E-state index contributed by atoms with van der Waals surface area (Å²) in [4.78, 5) is 32.1. The third kappa shape index (κ3) is 3.59. The van der Waals surface area contributed by atoms with E-state index in [9.17, 15) is 9.59 Å². The van der Waals surface area contributed by atoms with Crippen molar-refractivity contribution in [1.82, 2.24) is 4.98 Å². The summed E-state index contributed by atoms with van der Waals surface area (Å²) < 4.78 is 0. The molecule has 0 spiro atoms. The first-order valence-electron chi connectivity index (χ1n) is 10.1. The second kappa shape index (κ2) is 7.75. The number of pyridine rings is 1. The van der Waals surface area contributed by atoms with Crippen LogP contribution in [0.25, 0.3) is 0 Å². The van der Waals surface area contributed by atoms with E-state index in [-0.39, 0.29) is 17.9 Å². The summed E-state index contributed by atoms with van der Waals surface area (Å²) in [5.74, 6) is -0.417. The third-order valence-electron chi connectivity index (χ3n) is 5.59. The van der Waals surface area contributed by atoms with Crippen molar-refractivity contribution >= 4 is 23.2 Å². The number of para-hydroxylation sites is 1. The first-order valence-corrected chi connectivity index (χ1v) is 10.1. The van der Waals surface area contributed by atoms with Gasteiger partial charge >= 0.3 is 0 Å². The maximum absolute atomic E-state index is 13.3. The van der Waals surface area contributed by atoms with Crippen LogP contribution in [0.5, 0.6) is 0 Å². The van der Waals surface area contributed by atoms with Crippen molar-refractivity contribution in [3.05, 3.63) is 88.2 Å². The first-order chi connectivity index (χ1) is 14.3. The fourth-order valence-electron chi connectivity index (χ4n) is 4.26. The number of anilines is 2. The number of aromatic nitrogens is 1. The minimum atomic E-state index is -0.276. The topological polar surface area (TPSA) is 62.3 Å². The molecule has 2 heterocycles. The molecule has 2 amide bonds. The molecule has 152 valence electrons. The molecule has 0 saturated heterocycles. The Morgan fingerprint density at radius 1 is 1.00 bits per heavy atom. The molecule has 1 aliphatic heterocycles. The number of nitrogens with one attached hydrogen (secondary N) is 1. The third-order valence-corrected chi connectivity index (χ3v) is 5.59. The van der Waals surface area contributed by atoms with Crippen molar-refractivity contribution in [2.24, 2.45) is 0 Å². The number of aryl methyl sites for hydroxylation is 3. The van der Waals surface area contributed by atoms with Crippen LogP contribution in [0.2, 0.25) is 0 Å². The number of amides is 2. The van der Waals surface area contributed by atoms with Gasteiger partial charge in [0.15, 0.2) is 0 Å². The summed E-state index contributed by atoms with van der Waals surface area (Å²) in [6.45, 7) is 8.01. The molecule has 5 heteroatoms. The molecule has 1 aliphatic rings. The van der Waals surface area contributed by atoms with E-state index in [1.54, 1.807) is 11.0 Å². The van der Waals surface area contributed by atoms with Crippen LogP contribution in [0.1, 0.15) is 49.9 Å². The molecule has 0 radical (unpaired) electrons. The second-order valence-electron chi connectivity index (χ2n) is 8.05. The lowest BCUT2D eigenvalue weighted by Gasteiger charge is -2.22. The molecule has 1 unspecified atom stereocenters. The maximum Gasteiger partial charge on any atom is 0.260 e. The predicted molar refractivity (Wildman–Crippen MR) is 119 cm³/mol. The monoisotopic (exact) mass is 399 g/mol. The van der Waals surface area contributed by atoms with Gasteiger partial charge in [-0.1, -0.05) is 35.9 Å². The first kappa shape index (κ1) is 19.8. The van der Waals surface area contributed by atoms with Gasteiger partial charge in [0.25, 0.3) is 11.8 Å². The van der Waals surface area contributed by atoms with Crippen LogP contribution in [0.3, 0.4) is 0 Å². The number of carbonyl (C=O) groups is 2. The Morgan fingerprint density at radius 3 is 2.40 bits per heavy atom. The molecule has 0 saturated carbocycles. The van der Waals surface area contributed by atoms with E-state index in [2.05, 4.69) is 10.3 Å². The van der Waals surface area contributed by atoms with Gasteiger partial charge in [-0.3, -0.25) is 14.6 Å². The average molecular weight is 399 g/mol. The molecule has 1 N–H and O–H groups in total. The van der Waals surface area contributed by atoms with Crippen LogP contribution in [-0.4, -0.2) is 22.8 Å². The van der Waals surface area contributed by atoms with E-state index in [1.807, 2.05) is 64.1 Å². The smallest absolute Gasteiger partial charge is 0.260 e. The fourth-order valence-corrected chi connectivity index (χ4v) is 4.26. The van der Waals surface area contributed by atoms with E-state index < -0.39 is 0 Å². The minimum absolute atomic E-state index is 0.0604. The molecule has 0 bridgehead atoms. The van der Waals surface area contributed by atoms with Gasteiger partial charge in [-0.2, -0.15) is 0 Å². The number of hydrogen-bond acceptors (Lipinski definition) is 3. The van der Waals surface area contributed by atoms with Gasteiger partial charge in [0, 0.05) is 29.8 Å². The molecule has 1 atom stereocenters.